The molecular formula is C10H12OS. The third-order valence-electron chi connectivity index (χ3n) is 1.56. The molecule has 0 radical (unpaired) electrons. The summed E-state index contributed by atoms with van der Waals surface area (Å²) in [6, 6.07) is 1.98. The monoisotopic (exact) mass is 180 g/mol. The van der Waals surface area contributed by atoms with Gasteiger partial charge in [-0.2, -0.15) is 11.3 Å². The van der Waals surface area contributed by atoms with Gasteiger partial charge < -0.3 is 5.11 Å². The molecule has 0 aliphatic carbocycles. The van der Waals surface area contributed by atoms with Gasteiger partial charge in [-0.25, -0.2) is 0 Å². The molecule has 0 aliphatic rings. The topological polar surface area (TPSA) is 20.2 Å². The molecule has 1 N–H and O–H groups in total. The largest absolute Gasteiger partial charge is 0.392 e. The van der Waals surface area contributed by atoms with Crippen LogP contribution in [-0.2, 0) is 0 Å². The van der Waals surface area contributed by atoms with Gasteiger partial charge in [0.15, 0.2) is 0 Å². The smallest absolute Gasteiger partial charge is 0.0646 e. The quantitative estimate of drug-likeness (QED) is 0.692. The van der Waals surface area contributed by atoms with Crippen molar-refractivity contribution in [3.05, 3.63) is 22.4 Å². The summed E-state index contributed by atoms with van der Waals surface area (Å²) in [5.41, 5.74) is 1.04. The molecule has 0 saturated carbocycles. The lowest BCUT2D eigenvalue weighted by Gasteiger charge is -1.98. The second-order valence-corrected chi connectivity index (χ2v) is 3.36. The standard InChI is InChI=1S/C10H12OS/c1-2-10(11)5-3-4-9-6-7-12-8-9/h6-8,10-11H,2,5H2,1H3. The number of aliphatic hydroxyl groups is 1. The molecule has 0 aromatic carbocycles. The molecular weight excluding hydrogens is 168 g/mol. The van der Waals surface area contributed by atoms with Crippen LogP contribution in [0.4, 0.5) is 0 Å². The van der Waals surface area contributed by atoms with E-state index in [1.807, 2.05) is 23.8 Å². The van der Waals surface area contributed by atoms with Crippen molar-refractivity contribution >= 4 is 11.3 Å². The summed E-state index contributed by atoms with van der Waals surface area (Å²) < 4.78 is 0. The summed E-state index contributed by atoms with van der Waals surface area (Å²) in [5, 5.41) is 13.2. The zero-order valence-corrected chi connectivity index (χ0v) is 7.90. The van der Waals surface area contributed by atoms with E-state index in [0.717, 1.165) is 12.0 Å². The van der Waals surface area contributed by atoms with Gasteiger partial charge in [0.05, 0.1) is 6.10 Å². The van der Waals surface area contributed by atoms with Crippen LogP contribution in [0.2, 0.25) is 0 Å². The number of thiophene rings is 1. The van der Waals surface area contributed by atoms with Gasteiger partial charge in [-0.3, -0.25) is 0 Å². The second-order valence-electron chi connectivity index (χ2n) is 2.58. The summed E-state index contributed by atoms with van der Waals surface area (Å²) in [7, 11) is 0. The van der Waals surface area contributed by atoms with Crippen LogP contribution in [0.3, 0.4) is 0 Å². The molecule has 12 heavy (non-hydrogen) atoms. The SMILES string of the molecule is CCC(O)CC#Cc1ccsc1. The fourth-order valence-electron chi connectivity index (χ4n) is 0.751. The Labute approximate surface area is 77.1 Å². The Bertz CT molecular complexity index is 266. The van der Waals surface area contributed by atoms with E-state index in [0.29, 0.717) is 6.42 Å². The zero-order chi connectivity index (χ0) is 8.81. The van der Waals surface area contributed by atoms with Crippen molar-refractivity contribution in [3.8, 4) is 11.8 Å². The predicted octanol–water partition coefficient (Wildman–Crippen LogP) is 2.26. The zero-order valence-electron chi connectivity index (χ0n) is 7.08. The first kappa shape index (κ1) is 9.31. The number of aliphatic hydroxyl groups excluding tert-OH is 1. The molecule has 0 bridgehead atoms. The Kier molecular flexibility index (Phi) is 3.86. The molecule has 0 fully saturated rings. The maximum atomic E-state index is 9.19. The summed E-state index contributed by atoms with van der Waals surface area (Å²) >= 11 is 1.64. The van der Waals surface area contributed by atoms with Gasteiger partial charge in [0.2, 0.25) is 0 Å². The molecule has 1 aromatic rings. The third-order valence-corrected chi connectivity index (χ3v) is 2.25. The third kappa shape index (κ3) is 3.08. The van der Waals surface area contributed by atoms with Crippen LogP contribution in [0.5, 0.6) is 0 Å². The lowest BCUT2D eigenvalue weighted by Crippen LogP contribution is -2.01. The van der Waals surface area contributed by atoms with Crippen LogP contribution in [0.1, 0.15) is 25.3 Å². The molecule has 0 aliphatic heterocycles. The molecule has 0 saturated heterocycles. The first-order valence-electron chi connectivity index (χ1n) is 4.02. The molecule has 2 heteroatoms. The van der Waals surface area contributed by atoms with E-state index in [1.54, 1.807) is 11.3 Å². The van der Waals surface area contributed by atoms with Crippen molar-refractivity contribution in [1.29, 1.82) is 0 Å². The molecule has 0 spiro atoms. The first-order valence-corrected chi connectivity index (χ1v) is 4.96. The highest BCUT2D eigenvalue weighted by Gasteiger charge is 1.94. The van der Waals surface area contributed by atoms with Gasteiger partial charge in [-0.05, 0) is 17.9 Å². The van der Waals surface area contributed by atoms with Gasteiger partial charge in [0.25, 0.3) is 0 Å². The highest BCUT2D eigenvalue weighted by Crippen LogP contribution is 2.03. The van der Waals surface area contributed by atoms with Crippen LogP contribution in [-0.4, -0.2) is 11.2 Å². The minimum absolute atomic E-state index is 0.267. The van der Waals surface area contributed by atoms with Crippen LogP contribution in [0.15, 0.2) is 16.8 Å². The summed E-state index contributed by atoms with van der Waals surface area (Å²) in [4.78, 5) is 0. The molecule has 1 aromatic heterocycles. The fourth-order valence-corrected chi connectivity index (χ4v) is 1.34. The number of hydrogen-bond donors (Lipinski definition) is 1. The lowest BCUT2D eigenvalue weighted by molar-refractivity contribution is 0.176. The van der Waals surface area contributed by atoms with E-state index < -0.39 is 0 Å². The van der Waals surface area contributed by atoms with E-state index in [2.05, 4.69) is 11.8 Å². The number of hydrogen-bond acceptors (Lipinski definition) is 2. The Morgan fingerprint density at radius 1 is 1.67 bits per heavy atom. The van der Waals surface area contributed by atoms with Crippen LogP contribution < -0.4 is 0 Å². The van der Waals surface area contributed by atoms with Crippen molar-refractivity contribution in [3.63, 3.8) is 0 Å². The lowest BCUT2D eigenvalue weighted by atomic mass is 10.2. The Balaban J connectivity index is 2.40. The molecule has 1 atom stereocenters. The van der Waals surface area contributed by atoms with Gasteiger partial charge in [-0.1, -0.05) is 18.8 Å². The highest BCUT2D eigenvalue weighted by molar-refractivity contribution is 7.08. The fraction of sp³-hybridized carbons (Fsp3) is 0.400. The molecule has 1 heterocycles. The average molecular weight is 180 g/mol. The van der Waals surface area contributed by atoms with Crippen molar-refractivity contribution in [2.24, 2.45) is 0 Å². The minimum Gasteiger partial charge on any atom is -0.392 e. The van der Waals surface area contributed by atoms with Gasteiger partial charge in [-0.15, -0.1) is 0 Å². The van der Waals surface area contributed by atoms with Crippen molar-refractivity contribution in [2.45, 2.75) is 25.9 Å². The molecule has 64 valence electrons. The summed E-state index contributed by atoms with van der Waals surface area (Å²) in [5.74, 6) is 5.94. The van der Waals surface area contributed by atoms with Crippen LogP contribution >= 0.6 is 11.3 Å². The average Bonchev–Trinajstić information content (AvgIpc) is 2.57. The maximum absolute atomic E-state index is 9.19. The Morgan fingerprint density at radius 2 is 2.50 bits per heavy atom. The minimum atomic E-state index is -0.267. The Hall–Kier alpha value is -0.780. The maximum Gasteiger partial charge on any atom is 0.0646 e. The van der Waals surface area contributed by atoms with E-state index in [4.69, 9.17) is 0 Å². The summed E-state index contributed by atoms with van der Waals surface area (Å²) in [6.07, 6.45) is 1.08. The van der Waals surface area contributed by atoms with Crippen LogP contribution in [0, 0.1) is 11.8 Å². The van der Waals surface area contributed by atoms with E-state index in [-0.39, 0.29) is 6.10 Å². The summed E-state index contributed by atoms with van der Waals surface area (Å²) in [6.45, 7) is 1.96. The van der Waals surface area contributed by atoms with E-state index >= 15 is 0 Å². The van der Waals surface area contributed by atoms with Crippen molar-refractivity contribution < 1.29 is 5.11 Å². The van der Waals surface area contributed by atoms with Crippen molar-refractivity contribution in [1.82, 2.24) is 0 Å². The second kappa shape index (κ2) is 4.97. The Morgan fingerprint density at radius 3 is 3.08 bits per heavy atom. The van der Waals surface area contributed by atoms with Crippen molar-refractivity contribution in [2.75, 3.05) is 0 Å². The molecule has 0 amide bonds. The number of rotatable bonds is 2. The van der Waals surface area contributed by atoms with Gasteiger partial charge in [0.1, 0.15) is 0 Å². The predicted molar refractivity (Wildman–Crippen MR) is 52.1 cm³/mol. The first-order chi connectivity index (χ1) is 5.83. The van der Waals surface area contributed by atoms with Gasteiger partial charge >= 0.3 is 0 Å². The van der Waals surface area contributed by atoms with Gasteiger partial charge in [0, 0.05) is 17.4 Å². The van der Waals surface area contributed by atoms with E-state index in [1.165, 1.54) is 0 Å². The molecule has 1 rings (SSSR count). The van der Waals surface area contributed by atoms with Crippen LogP contribution in [0.25, 0.3) is 0 Å². The highest BCUT2D eigenvalue weighted by atomic mass is 32.1. The van der Waals surface area contributed by atoms with E-state index in [9.17, 15) is 5.11 Å². The normalized spacial score (nSPS) is 11.8. The molecule has 1 nitrogen and oxygen atoms in total. The molecule has 1 unspecified atom stereocenters.